The lowest BCUT2D eigenvalue weighted by atomic mass is 9.96. The predicted octanol–water partition coefficient (Wildman–Crippen LogP) is 6.07. The van der Waals surface area contributed by atoms with Crippen molar-refractivity contribution in [3.05, 3.63) is 74.1 Å². The molecule has 0 saturated carbocycles. The standard InChI is InChI=1S/C25H21ClN4O2S/c1-14-9-17(13-28-29-24(31)22-11-16-10-18(26)7-8-21(16)32-22)15(2)30(14)25-20(12-27)19-5-3-4-6-23(19)33-25/h7-11,13H,3-6H2,1-2H3,(H,29,31)/b28-13+. The molecule has 5 rings (SSSR count). The van der Waals surface area contributed by atoms with Crippen molar-refractivity contribution in [1.82, 2.24) is 9.99 Å². The third-order valence-electron chi connectivity index (χ3n) is 6.01. The average Bonchev–Trinajstić information content (AvgIpc) is 3.46. The van der Waals surface area contributed by atoms with E-state index in [1.807, 2.05) is 19.9 Å². The molecule has 0 radical (unpaired) electrons. The van der Waals surface area contributed by atoms with Crippen LogP contribution in [-0.2, 0) is 12.8 Å². The summed E-state index contributed by atoms with van der Waals surface area (Å²) in [6.07, 6.45) is 5.95. The van der Waals surface area contributed by atoms with Crippen molar-refractivity contribution in [2.24, 2.45) is 5.10 Å². The second kappa shape index (κ2) is 8.54. The van der Waals surface area contributed by atoms with Crippen LogP contribution in [0.25, 0.3) is 16.0 Å². The van der Waals surface area contributed by atoms with E-state index in [1.165, 1.54) is 16.9 Å². The number of nitriles is 1. The zero-order valence-corrected chi connectivity index (χ0v) is 19.8. The number of aryl methyl sites for hydroxylation is 2. The van der Waals surface area contributed by atoms with Gasteiger partial charge in [0.2, 0.25) is 0 Å². The predicted molar refractivity (Wildman–Crippen MR) is 131 cm³/mol. The van der Waals surface area contributed by atoms with Crippen molar-refractivity contribution < 1.29 is 9.21 Å². The summed E-state index contributed by atoms with van der Waals surface area (Å²) in [6.45, 7) is 4.02. The molecule has 4 aromatic rings. The van der Waals surface area contributed by atoms with Crippen molar-refractivity contribution in [1.29, 1.82) is 5.26 Å². The maximum atomic E-state index is 12.5. The van der Waals surface area contributed by atoms with E-state index in [4.69, 9.17) is 16.0 Å². The Morgan fingerprint density at radius 3 is 2.91 bits per heavy atom. The number of halogens is 1. The average molecular weight is 477 g/mol. The van der Waals surface area contributed by atoms with E-state index in [-0.39, 0.29) is 5.76 Å². The molecular formula is C25H21ClN4O2S. The Labute approximate surface area is 200 Å². The number of hydrogen-bond acceptors (Lipinski definition) is 5. The van der Waals surface area contributed by atoms with Crippen molar-refractivity contribution in [2.45, 2.75) is 39.5 Å². The number of amides is 1. The first-order valence-electron chi connectivity index (χ1n) is 10.7. The van der Waals surface area contributed by atoms with Crippen LogP contribution in [0.2, 0.25) is 5.02 Å². The van der Waals surface area contributed by atoms with Crippen LogP contribution in [0.3, 0.4) is 0 Å². The van der Waals surface area contributed by atoms with Crippen LogP contribution in [0.4, 0.5) is 0 Å². The summed E-state index contributed by atoms with van der Waals surface area (Å²) in [5.74, 6) is -0.275. The minimum Gasteiger partial charge on any atom is -0.451 e. The van der Waals surface area contributed by atoms with Crippen LogP contribution < -0.4 is 5.43 Å². The minimum atomic E-state index is -0.440. The van der Waals surface area contributed by atoms with Crippen LogP contribution in [0.5, 0.6) is 0 Å². The van der Waals surface area contributed by atoms with Gasteiger partial charge in [0, 0.05) is 32.2 Å². The molecule has 1 aliphatic carbocycles. The van der Waals surface area contributed by atoms with E-state index in [1.54, 1.807) is 41.8 Å². The van der Waals surface area contributed by atoms with Crippen molar-refractivity contribution in [2.75, 3.05) is 0 Å². The summed E-state index contributed by atoms with van der Waals surface area (Å²) in [5.41, 5.74) is 7.98. The number of fused-ring (bicyclic) bond motifs is 2. The number of thiophene rings is 1. The number of carbonyl (C=O) groups is 1. The Hall–Kier alpha value is -3.34. The zero-order chi connectivity index (χ0) is 23.1. The topological polar surface area (TPSA) is 83.3 Å². The lowest BCUT2D eigenvalue weighted by molar-refractivity contribution is 0.0929. The molecule has 8 heteroatoms. The Kier molecular flexibility index (Phi) is 5.57. The van der Waals surface area contributed by atoms with Crippen molar-refractivity contribution in [3.63, 3.8) is 0 Å². The Morgan fingerprint density at radius 1 is 1.27 bits per heavy atom. The van der Waals surface area contributed by atoms with Gasteiger partial charge >= 0.3 is 5.91 Å². The highest BCUT2D eigenvalue weighted by Gasteiger charge is 2.23. The highest BCUT2D eigenvalue weighted by molar-refractivity contribution is 7.15. The number of furan rings is 1. The Morgan fingerprint density at radius 2 is 2.09 bits per heavy atom. The molecule has 1 N–H and O–H groups in total. The number of nitrogens with one attached hydrogen (secondary N) is 1. The molecule has 1 aliphatic rings. The van der Waals surface area contributed by atoms with E-state index in [0.29, 0.717) is 10.6 Å². The molecule has 0 saturated heterocycles. The molecule has 3 heterocycles. The molecule has 3 aromatic heterocycles. The number of benzene rings is 1. The van der Waals surface area contributed by atoms with Crippen LogP contribution in [0.1, 0.15) is 56.4 Å². The van der Waals surface area contributed by atoms with Gasteiger partial charge in [0.25, 0.3) is 0 Å². The van der Waals surface area contributed by atoms with Gasteiger partial charge in [-0.15, -0.1) is 11.3 Å². The monoisotopic (exact) mass is 476 g/mol. The van der Waals surface area contributed by atoms with Crippen molar-refractivity contribution in [3.8, 4) is 11.1 Å². The second-order valence-electron chi connectivity index (χ2n) is 8.16. The quantitative estimate of drug-likeness (QED) is 0.286. The minimum absolute atomic E-state index is 0.165. The summed E-state index contributed by atoms with van der Waals surface area (Å²) in [5, 5.41) is 16.3. The fourth-order valence-corrected chi connectivity index (χ4v) is 6.03. The highest BCUT2D eigenvalue weighted by Crippen LogP contribution is 2.38. The molecule has 0 fully saturated rings. The van der Waals surface area contributed by atoms with Gasteiger partial charge in [-0.25, -0.2) is 5.43 Å². The number of aromatic nitrogens is 1. The van der Waals surface area contributed by atoms with Crippen LogP contribution >= 0.6 is 22.9 Å². The largest absolute Gasteiger partial charge is 0.451 e. The van der Waals surface area contributed by atoms with E-state index in [0.717, 1.165) is 52.2 Å². The zero-order valence-electron chi connectivity index (χ0n) is 18.2. The smallest absolute Gasteiger partial charge is 0.307 e. The van der Waals surface area contributed by atoms with E-state index in [2.05, 4.69) is 21.2 Å². The lowest BCUT2D eigenvalue weighted by Crippen LogP contribution is -2.16. The number of hydrogen-bond donors (Lipinski definition) is 1. The SMILES string of the molecule is Cc1cc(/C=N/NC(=O)c2cc3cc(Cl)ccc3o2)c(C)n1-c1sc2c(c1C#N)CCCC2. The number of carbonyl (C=O) groups excluding carboxylic acids is 1. The fourth-order valence-electron chi connectivity index (χ4n) is 4.40. The van der Waals surface area contributed by atoms with Crippen molar-refractivity contribution >= 4 is 46.0 Å². The van der Waals surface area contributed by atoms with Gasteiger partial charge in [-0.05, 0) is 75.4 Å². The first-order chi connectivity index (χ1) is 16.0. The van der Waals surface area contributed by atoms with E-state index < -0.39 is 5.91 Å². The summed E-state index contributed by atoms with van der Waals surface area (Å²) in [7, 11) is 0. The normalized spacial score (nSPS) is 13.4. The molecule has 33 heavy (non-hydrogen) atoms. The summed E-state index contributed by atoms with van der Waals surface area (Å²) in [6, 6.07) is 11.3. The molecule has 0 bridgehead atoms. The van der Waals surface area contributed by atoms with E-state index in [9.17, 15) is 10.1 Å². The van der Waals surface area contributed by atoms with Gasteiger partial charge < -0.3 is 8.98 Å². The van der Waals surface area contributed by atoms with Gasteiger partial charge in [0.15, 0.2) is 5.76 Å². The summed E-state index contributed by atoms with van der Waals surface area (Å²) in [4.78, 5) is 13.8. The second-order valence-corrected chi connectivity index (χ2v) is 9.68. The molecule has 0 atom stereocenters. The molecular weight excluding hydrogens is 456 g/mol. The van der Waals surface area contributed by atoms with Crippen LogP contribution in [0, 0.1) is 25.2 Å². The van der Waals surface area contributed by atoms with Gasteiger partial charge in [-0.2, -0.15) is 10.4 Å². The Bertz CT molecular complexity index is 1470. The molecule has 0 aliphatic heterocycles. The first kappa shape index (κ1) is 21.5. The maximum Gasteiger partial charge on any atom is 0.307 e. The first-order valence-corrected chi connectivity index (χ1v) is 11.9. The molecule has 0 unspecified atom stereocenters. The summed E-state index contributed by atoms with van der Waals surface area (Å²) < 4.78 is 7.70. The maximum absolute atomic E-state index is 12.5. The van der Waals surface area contributed by atoms with Gasteiger partial charge in [0.05, 0.1) is 11.8 Å². The molecule has 1 aromatic carbocycles. The molecule has 166 valence electrons. The fraction of sp³-hybridized carbons (Fsp3) is 0.240. The number of hydrazone groups is 1. The third-order valence-corrected chi connectivity index (χ3v) is 7.52. The molecule has 0 spiro atoms. The molecule has 1 amide bonds. The Balaban J connectivity index is 1.39. The summed E-state index contributed by atoms with van der Waals surface area (Å²) >= 11 is 7.71. The molecule has 6 nitrogen and oxygen atoms in total. The number of rotatable bonds is 4. The van der Waals surface area contributed by atoms with Gasteiger partial charge in [0.1, 0.15) is 16.7 Å². The van der Waals surface area contributed by atoms with Crippen LogP contribution in [0.15, 0.2) is 39.9 Å². The number of nitrogens with zero attached hydrogens (tertiary/aromatic N) is 3. The van der Waals surface area contributed by atoms with E-state index >= 15 is 0 Å². The third kappa shape index (κ3) is 3.86. The lowest BCUT2D eigenvalue weighted by Gasteiger charge is -2.10. The van der Waals surface area contributed by atoms with Crippen LogP contribution in [-0.4, -0.2) is 16.7 Å². The van der Waals surface area contributed by atoms with Gasteiger partial charge in [-0.1, -0.05) is 11.6 Å². The van der Waals surface area contributed by atoms with Gasteiger partial charge in [-0.3, -0.25) is 4.79 Å². The highest BCUT2D eigenvalue weighted by atomic mass is 35.5.